The lowest BCUT2D eigenvalue weighted by atomic mass is 10.0. The third-order valence-corrected chi connectivity index (χ3v) is 11.2. The number of β-amino-alcohol motifs (C(OH)–C–C–N with tert-alkyl or cyclic N) is 1. The molecule has 12 heteroatoms. The number of benzene rings is 4. The zero-order valence-corrected chi connectivity index (χ0v) is 34.6. The quantitative estimate of drug-likeness (QED) is 0.199. The number of Topliss-reactive ketones (excluding diaryl/α,β-unsaturated/α-hetero) is 1. The van der Waals surface area contributed by atoms with Crippen molar-refractivity contribution in [1.29, 1.82) is 0 Å². The molecule has 3 aliphatic rings. The Balaban J connectivity index is 0.000000208. The van der Waals surface area contributed by atoms with E-state index in [0.29, 0.717) is 13.1 Å². The second-order valence-electron chi connectivity index (χ2n) is 11.4. The lowest BCUT2D eigenvalue weighted by Gasteiger charge is -2.23. The van der Waals surface area contributed by atoms with E-state index in [9.17, 15) is 9.90 Å². The largest absolute Gasteiger partial charge is 1.00 e. The number of aryl methyl sites for hydroxylation is 2. The van der Waals surface area contributed by atoms with E-state index >= 15 is 0 Å². The number of nitrogens with zero attached hydrogens (tertiary/aromatic N) is 4. The molecule has 3 heterocycles. The van der Waals surface area contributed by atoms with Crippen molar-refractivity contribution >= 4 is 99.9 Å². The molecule has 1 unspecified atom stereocenters. The maximum atomic E-state index is 12.7. The number of amidine groups is 2. The van der Waals surface area contributed by atoms with E-state index in [0.717, 1.165) is 66.4 Å². The van der Waals surface area contributed by atoms with Crippen LogP contribution in [0.5, 0.6) is 0 Å². The lowest BCUT2D eigenvalue weighted by Crippen LogP contribution is -3.00. The Labute approximate surface area is 328 Å². The van der Waals surface area contributed by atoms with Crippen LogP contribution < -0.4 is 26.8 Å². The molecule has 0 amide bonds. The highest BCUT2D eigenvalue weighted by Crippen LogP contribution is 2.38. The highest BCUT2D eigenvalue weighted by molar-refractivity contribution is 9.10. The fourth-order valence-electron chi connectivity index (χ4n) is 5.73. The first-order chi connectivity index (χ1) is 22.2. The van der Waals surface area contributed by atoms with Crippen molar-refractivity contribution in [3.63, 3.8) is 0 Å². The number of aliphatic hydroxyl groups is 1. The van der Waals surface area contributed by atoms with Gasteiger partial charge in [-0.05, 0) is 85.3 Å². The number of ketones is 1. The molecule has 0 saturated heterocycles. The van der Waals surface area contributed by atoms with Crippen LogP contribution in [-0.2, 0) is 5.72 Å². The van der Waals surface area contributed by atoms with Crippen LogP contribution in [0.4, 0.5) is 11.4 Å². The molecular formula is C36H36Br4N4O2S2. The topological polar surface area (TPSA) is 59.1 Å². The van der Waals surface area contributed by atoms with Gasteiger partial charge in [-0.25, -0.2) is 9.48 Å². The maximum Gasteiger partial charge on any atom is 0.316 e. The smallest absolute Gasteiger partial charge is 0.316 e. The van der Waals surface area contributed by atoms with E-state index in [4.69, 9.17) is 0 Å². The summed E-state index contributed by atoms with van der Waals surface area (Å²) in [7, 11) is 0. The summed E-state index contributed by atoms with van der Waals surface area (Å²) >= 11 is 10.4. The monoisotopic (exact) mass is 936 g/mol. The number of hydrogen-bond acceptors (Lipinski definition) is 7. The van der Waals surface area contributed by atoms with E-state index in [2.05, 4.69) is 96.6 Å². The predicted molar refractivity (Wildman–Crippen MR) is 211 cm³/mol. The molecule has 252 valence electrons. The molecule has 0 bridgehead atoms. The molecule has 7 rings (SSSR count). The summed E-state index contributed by atoms with van der Waals surface area (Å²) in [5.74, 6) is 2.08. The molecule has 6 nitrogen and oxygen atoms in total. The molecule has 1 N–H and O–H groups in total. The number of hydrogen-bond donors (Lipinski definition) is 1. The molecule has 0 saturated carbocycles. The molecule has 0 fully saturated rings. The van der Waals surface area contributed by atoms with Crippen molar-refractivity contribution in [3.8, 4) is 0 Å². The number of anilines is 2. The van der Waals surface area contributed by atoms with Crippen molar-refractivity contribution in [2.45, 2.75) is 19.6 Å². The molecule has 0 radical (unpaired) electrons. The summed E-state index contributed by atoms with van der Waals surface area (Å²) in [6, 6.07) is 32.2. The minimum Gasteiger partial charge on any atom is -1.00 e. The van der Waals surface area contributed by atoms with Gasteiger partial charge in [0.05, 0.1) is 19.6 Å². The van der Waals surface area contributed by atoms with Crippen molar-refractivity contribution in [3.05, 3.63) is 128 Å². The van der Waals surface area contributed by atoms with Gasteiger partial charge >= 0.3 is 5.17 Å². The Hall–Kier alpha value is -1.93. The normalized spacial score (nSPS) is 17.9. The Kier molecular flexibility index (Phi) is 14.0. The number of thioether (sulfide) groups is 2. The Morgan fingerprint density at radius 3 is 2.19 bits per heavy atom. The number of halogens is 4. The molecule has 1 atom stereocenters. The van der Waals surface area contributed by atoms with Crippen LogP contribution in [0.3, 0.4) is 0 Å². The van der Waals surface area contributed by atoms with Crippen LogP contribution in [0.25, 0.3) is 0 Å². The van der Waals surface area contributed by atoms with Gasteiger partial charge in [0.2, 0.25) is 0 Å². The number of rotatable bonds is 6. The highest BCUT2D eigenvalue weighted by atomic mass is 79.9. The van der Waals surface area contributed by atoms with Crippen LogP contribution in [0.15, 0.2) is 111 Å². The second-order valence-corrected chi connectivity index (χ2v) is 15.4. The van der Waals surface area contributed by atoms with Crippen molar-refractivity contribution < 1.29 is 31.5 Å². The van der Waals surface area contributed by atoms with Gasteiger partial charge in [-0.15, -0.1) is 17.0 Å². The summed E-state index contributed by atoms with van der Waals surface area (Å²) in [5, 5.41) is 13.5. The van der Waals surface area contributed by atoms with Gasteiger partial charge < -0.3 is 27.0 Å². The average molecular weight is 940 g/mol. The van der Waals surface area contributed by atoms with Gasteiger partial charge in [-0.1, -0.05) is 92.2 Å². The van der Waals surface area contributed by atoms with Gasteiger partial charge in [0.15, 0.2) is 17.5 Å². The summed E-state index contributed by atoms with van der Waals surface area (Å²) in [5.41, 5.74) is 5.26. The van der Waals surface area contributed by atoms with Gasteiger partial charge in [-0.2, -0.15) is 0 Å². The Bertz CT molecular complexity index is 1800. The van der Waals surface area contributed by atoms with Crippen LogP contribution in [0, 0.1) is 13.8 Å². The van der Waals surface area contributed by atoms with Crippen molar-refractivity contribution in [2.75, 3.05) is 47.5 Å². The fraction of sp³-hybridized carbons (Fsp3) is 0.250. The molecule has 0 spiro atoms. The van der Waals surface area contributed by atoms with Crippen LogP contribution in [0.1, 0.15) is 27.0 Å². The maximum absolute atomic E-state index is 12.7. The van der Waals surface area contributed by atoms with Crippen molar-refractivity contribution in [2.24, 2.45) is 4.99 Å². The highest BCUT2D eigenvalue weighted by Gasteiger charge is 2.54. The molecule has 4 aromatic carbocycles. The van der Waals surface area contributed by atoms with Gasteiger partial charge in [0.1, 0.15) is 5.69 Å². The van der Waals surface area contributed by atoms with E-state index in [-0.39, 0.29) is 39.7 Å². The number of aliphatic imine (C=N–C) groups is 1. The van der Waals surface area contributed by atoms with E-state index < -0.39 is 5.72 Å². The van der Waals surface area contributed by atoms with E-state index in [1.807, 2.05) is 77.3 Å². The first-order valence-corrected chi connectivity index (χ1v) is 18.7. The standard InChI is InChI=1S/C18H18BrN2OS.C18H17BrN2OS.2BrH/c1-13-3-2-4-16(11-13)20-12-18(22,21-9-10-23-17(20)21)14-5-7-15(19)8-6-14;1-13-3-2-4-16(11-13)21(18-20-9-10-23-18)12-17(22)14-5-7-15(19)8-6-14;;/h2-8,11,22H,9-10,12H2,1H3;2-8,11H,9-10,12H2,1H3;2*1H/q+1;;;/p-1. The third kappa shape index (κ3) is 8.86. The van der Waals surface area contributed by atoms with Crippen LogP contribution in [0.2, 0.25) is 0 Å². The molecule has 3 aliphatic heterocycles. The zero-order valence-electron chi connectivity index (χ0n) is 26.5. The number of carbonyl (C=O) groups excluding carboxylic acids is 1. The van der Waals surface area contributed by atoms with Crippen LogP contribution >= 0.6 is 72.4 Å². The van der Waals surface area contributed by atoms with Gasteiger partial charge in [0.25, 0.3) is 5.72 Å². The van der Waals surface area contributed by atoms with Crippen molar-refractivity contribution in [1.82, 2.24) is 0 Å². The predicted octanol–water partition coefficient (Wildman–Crippen LogP) is 5.67. The minimum atomic E-state index is -0.969. The Morgan fingerprint density at radius 1 is 0.917 bits per heavy atom. The van der Waals surface area contributed by atoms with E-state index in [1.54, 1.807) is 11.8 Å². The molecule has 0 aliphatic carbocycles. The third-order valence-electron chi connectivity index (χ3n) is 8.03. The molecule has 0 aromatic heterocycles. The Morgan fingerprint density at radius 2 is 1.56 bits per heavy atom. The van der Waals surface area contributed by atoms with Crippen LogP contribution in [-0.4, -0.2) is 63.5 Å². The number of carbonyl (C=O) groups is 1. The SMILES string of the molecule is Br.Cc1cccc(N(CC(=O)c2ccc(Br)cc2)C2=NCCS2)c1.Cc1cccc(N2CC(O)(c3ccc(Br)cc3)[N+]3=C2SCC3)c1.[Br-]. The minimum absolute atomic E-state index is 0. The van der Waals surface area contributed by atoms with E-state index in [1.165, 1.54) is 11.1 Å². The lowest BCUT2D eigenvalue weighted by molar-refractivity contribution is -0.650. The second kappa shape index (κ2) is 17.3. The molecular weight excluding hydrogens is 904 g/mol. The summed E-state index contributed by atoms with van der Waals surface area (Å²) in [6.45, 7) is 6.70. The fourth-order valence-corrected chi connectivity index (χ4v) is 8.31. The summed E-state index contributed by atoms with van der Waals surface area (Å²) in [4.78, 5) is 21.5. The zero-order chi connectivity index (χ0) is 32.3. The first-order valence-electron chi connectivity index (χ1n) is 15.1. The molecule has 48 heavy (non-hydrogen) atoms. The summed E-state index contributed by atoms with van der Waals surface area (Å²) < 4.78 is 4.14. The molecule has 4 aromatic rings. The summed E-state index contributed by atoms with van der Waals surface area (Å²) in [6.07, 6.45) is 0. The average Bonchev–Trinajstić information content (AvgIpc) is 3.81. The van der Waals surface area contributed by atoms with Gasteiger partial charge in [0, 0.05) is 37.3 Å². The first kappa shape index (κ1) is 38.9. The van der Waals surface area contributed by atoms with Gasteiger partial charge in [-0.3, -0.25) is 9.79 Å².